The Morgan fingerprint density at radius 3 is 2.46 bits per heavy atom. The van der Waals surface area contributed by atoms with Crippen molar-refractivity contribution in [3.8, 4) is 0 Å². The SMILES string of the molecule is Cc1cc(C)c2[nH]c(=O)c(CNS(=O)(=O)c3ccccc3)cc2c1. The largest absolute Gasteiger partial charge is 0.321 e. The average Bonchev–Trinajstić information content (AvgIpc) is 2.54. The Labute approximate surface area is 140 Å². The molecule has 0 atom stereocenters. The van der Waals surface area contributed by atoms with E-state index in [9.17, 15) is 13.2 Å². The number of rotatable bonds is 4. The summed E-state index contributed by atoms with van der Waals surface area (Å²) in [6.45, 7) is 3.86. The van der Waals surface area contributed by atoms with Crippen molar-refractivity contribution >= 4 is 20.9 Å². The van der Waals surface area contributed by atoms with Gasteiger partial charge >= 0.3 is 0 Å². The number of benzene rings is 2. The second kappa shape index (κ2) is 6.22. The Bertz CT molecular complexity index is 1050. The molecular weight excluding hydrogens is 324 g/mol. The number of hydrogen-bond donors (Lipinski definition) is 2. The molecule has 3 aromatic rings. The Balaban J connectivity index is 1.93. The summed E-state index contributed by atoms with van der Waals surface area (Å²) in [7, 11) is -3.65. The van der Waals surface area contributed by atoms with Crippen LogP contribution in [0.25, 0.3) is 10.9 Å². The van der Waals surface area contributed by atoms with E-state index in [2.05, 4.69) is 9.71 Å². The Morgan fingerprint density at radius 1 is 1.04 bits per heavy atom. The maximum absolute atomic E-state index is 12.3. The topological polar surface area (TPSA) is 79.0 Å². The van der Waals surface area contributed by atoms with Crippen LogP contribution in [0.4, 0.5) is 0 Å². The van der Waals surface area contributed by atoms with Gasteiger partial charge in [0.25, 0.3) is 5.56 Å². The third kappa shape index (κ3) is 3.25. The van der Waals surface area contributed by atoms with Crippen molar-refractivity contribution in [1.29, 1.82) is 0 Å². The van der Waals surface area contributed by atoms with Gasteiger partial charge in [0.05, 0.1) is 10.4 Å². The molecule has 0 unspecified atom stereocenters. The summed E-state index contributed by atoms with van der Waals surface area (Å²) in [5.74, 6) is 0. The van der Waals surface area contributed by atoms with Gasteiger partial charge in [0, 0.05) is 12.1 Å². The first-order valence-electron chi connectivity index (χ1n) is 7.55. The fourth-order valence-corrected chi connectivity index (χ4v) is 3.75. The van der Waals surface area contributed by atoms with Crippen LogP contribution >= 0.6 is 0 Å². The molecule has 0 saturated heterocycles. The third-order valence-corrected chi connectivity index (χ3v) is 5.29. The summed E-state index contributed by atoms with van der Waals surface area (Å²) >= 11 is 0. The standard InChI is InChI=1S/C18H18N2O3S/c1-12-8-13(2)17-14(9-12)10-15(18(21)20-17)11-19-24(22,23)16-6-4-3-5-7-16/h3-10,19H,11H2,1-2H3,(H,20,21). The van der Waals surface area contributed by atoms with Gasteiger partial charge in [-0.05, 0) is 49.1 Å². The smallest absolute Gasteiger partial charge is 0.252 e. The van der Waals surface area contributed by atoms with Crippen LogP contribution in [0.15, 0.2) is 58.2 Å². The van der Waals surface area contributed by atoms with Gasteiger partial charge < -0.3 is 4.98 Å². The zero-order valence-electron chi connectivity index (χ0n) is 13.5. The first-order valence-corrected chi connectivity index (χ1v) is 9.03. The number of fused-ring (bicyclic) bond motifs is 1. The fourth-order valence-electron chi connectivity index (χ4n) is 2.72. The Hall–Kier alpha value is -2.44. The predicted molar refractivity (Wildman–Crippen MR) is 94.5 cm³/mol. The van der Waals surface area contributed by atoms with E-state index in [1.807, 2.05) is 26.0 Å². The molecule has 1 heterocycles. The van der Waals surface area contributed by atoms with Gasteiger partial charge in [-0.25, -0.2) is 13.1 Å². The van der Waals surface area contributed by atoms with Gasteiger partial charge in [-0.1, -0.05) is 29.8 Å². The number of aromatic amines is 1. The second-order valence-corrected chi connectivity index (χ2v) is 7.57. The highest BCUT2D eigenvalue weighted by Gasteiger charge is 2.14. The molecule has 0 spiro atoms. The van der Waals surface area contributed by atoms with Crippen LogP contribution in [-0.2, 0) is 16.6 Å². The highest BCUT2D eigenvalue weighted by molar-refractivity contribution is 7.89. The number of aryl methyl sites for hydroxylation is 2. The summed E-state index contributed by atoms with van der Waals surface area (Å²) < 4.78 is 27.0. The van der Waals surface area contributed by atoms with Crippen LogP contribution in [0, 0.1) is 13.8 Å². The number of H-pyrrole nitrogens is 1. The second-order valence-electron chi connectivity index (χ2n) is 5.81. The van der Waals surface area contributed by atoms with Crippen LogP contribution in [0.3, 0.4) is 0 Å². The summed E-state index contributed by atoms with van der Waals surface area (Å²) in [5.41, 5.74) is 2.94. The molecule has 1 aromatic heterocycles. The zero-order chi connectivity index (χ0) is 17.3. The van der Waals surface area contributed by atoms with E-state index < -0.39 is 10.0 Å². The van der Waals surface area contributed by atoms with Crippen LogP contribution in [0.1, 0.15) is 16.7 Å². The quantitative estimate of drug-likeness (QED) is 0.765. The number of pyridine rings is 1. The molecule has 0 amide bonds. The van der Waals surface area contributed by atoms with Crippen LogP contribution in [-0.4, -0.2) is 13.4 Å². The van der Waals surface area contributed by atoms with Gasteiger partial charge in [-0.15, -0.1) is 0 Å². The van der Waals surface area contributed by atoms with Crippen molar-refractivity contribution in [3.63, 3.8) is 0 Å². The number of hydrogen-bond acceptors (Lipinski definition) is 3. The molecule has 5 nitrogen and oxygen atoms in total. The van der Waals surface area contributed by atoms with Crippen molar-refractivity contribution in [2.45, 2.75) is 25.3 Å². The molecule has 0 aliphatic heterocycles. The van der Waals surface area contributed by atoms with Crippen molar-refractivity contribution in [2.75, 3.05) is 0 Å². The van der Waals surface area contributed by atoms with E-state index in [4.69, 9.17) is 0 Å². The molecule has 24 heavy (non-hydrogen) atoms. The van der Waals surface area contributed by atoms with E-state index in [1.54, 1.807) is 24.3 Å². The van der Waals surface area contributed by atoms with E-state index >= 15 is 0 Å². The van der Waals surface area contributed by atoms with Crippen molar-refractivity contribution in [3.05, 3.63) is 75.6 Å². The van der Waals surface area contributed by atoms with Crippen LogP contribution in [0.2, 0.25) is 0 Å². The molecule has 0 fully saturated rings. The normalized spacial score (nSPS) is 11.8. The molecule has 124 valence electrons. The molecule has 2 aromatic carbocycles. The number of sulfonamides is 1. The minimum atomic E-state index is -3.65. The summed E-state index contributed by atoms with van der Waals surface area (Å²) in [6, 6.07) is 13.8. The van der Waals surface area contributed by atoms with Crippen molar-refractivity contribution < 1.29 is 8.42 Å². The lowest BCUT2D eigenvalue weighted by molar-refractivity contribution is 0.581. The zero-order valence-corrected chi connectivity index (χ0v) is 14.3. The number of nitrogens with one attached hydrogen (secondary N) is 2. The van der Waals surface area contributed by atoms with Crippen LogP contribution < -0.4 is 10.3 Å². The summed E-state index contributed by atoms with van der Waals surface area (Å²) in [4.78, 5) is 15.2. The van der Waals surface area contributed by atoms with Gasteiger partial charge in [0.2, 0.25) is 10.0 Å². The van der Waals surface area contributed by atoms with E-state index in [0.29, 0.717) is 5.56 Å². The lowest BCUT2D eigenvalue weighted by atomic mass is 10.1. The predicted octanol–water partition coefficient (Wildman–Crippen LogP) is 2.62. The number of aromatic nitrogens is 1. The van der Waals surface area contributed by atoms with E-state index in [0.717, 1.165) is 22.0 Å². The molecule has 0 aliphatic rings. The molecular formula is C18H18N2O3S. The maximum atomic E-state index is 12.3. The van der Waals surface area contributed by atoms with Gasteiger partial charge in [-0.3, -0.25) is 4.79 Å². The fraction of sp³-hybridized carbons (Fsp3) is 0.167. The van der Waals surface area contributed by atoms with Gasteiger partial charge in [-0.2, -0.15) is 0 Å². The first-order chi connectivity index (χ1) is 11.4. The average molecular weight is 342 g/mol. The monoisotopic (exact) mass is 342 g/mol. The molecule has 2 N–H and O–H groups in total. The highest BCUT2D eigenvalue weighted by Crippen LogP contribution is 2.18. The van der Waals surface area contributed by atoms with E-state index in [1.165, 1.54) is 12.1 Å². The minimum absolute atomic E-state index is 0.0600. The van der Waals surface area contributed by atoms with Crippen molar-refractivity contribution in [1.82, 2.24) is 9.71 Å². The highest BCUT2D eigenvalue weighted by atomic mass is 32.2. The molecule has 0 saturated carbocycles. The summed E-state index contributed by atoms with van der Waals surface area (Å²) in [5, 5.41) is 0.890. The lowest BCUT2D eigenvalue weighted by Gasteiger charge is -2.09. The summed E-state index contributed by atoms with van der Waals surface area (Å²) in [6.07, 6.45) is 0. The molecule has 0 aliphatic carbocycles. The van der Waals surface area contributed by atoms with Crippen molar-refractivity contribution in [2.24, 2.45) is 0 Å². The molecule has 3 rings (SSSR count). The molecule has 0 bridgehead atoms. The first kappa shape index (κ1) is 16.4. The molecule has 6 heteroatoms. The van der Waals surface area contributed by atoms with Gasteiger partial charge in [0.1, 0.15) is 0 Å². The van der Waals surface area contributed by atoms with Crippen LogP contribution in [0.5, 0.6) is 0 Å². The molecule has 0 radical (unpaired) electrons. The minimum Gasteiger partial charge on any atom is -0.321 e. The maximum Gasteiger partial charge on any atom is 0.252 e. The third-order valence-electron chi connectivity index (χ3n) is 3.88. The Morgan fingerprint density at radius 2 is 1.75 bits per heavy atom. The Kier molecular flexibility index (Phi) is 4.26. The van der Waals surface area contributed by atoms with E-state index in [-0.39, 0.29) is 17.0 Å². The van der Waals surface area contributed by atoms with Gasteiger partial charge in [0.15, 0.2) is 0 Å². The lowest BCUT2D eigenvalue weighted by Crippen LogP contribution is -2.27.